The monoisotopic (exact) mass is 525 g/mol. The number of nitrogens with zero attached hydrogens (tertiary/aromatic N) is 2. The molecule has 32 heavy (non-hydrogen) atoms. The van der Waals surface area contributed by atoms with Crippen LogP contribution in [0.15, 0.2) is 40.9 Å². The fraction of sp³-hybridized carbons (Fsp3) is 0.250. The molecule has 1 heterocycles. The number of non-ortho nitro benzene ring substituents is 1. The van der Waals surface area contributed by atoms with Crippen LogP contribution in [-0.4, -0.2) is 43.0 Å². The van der Waals surface area contributed by atoms with E-state index in [9.17, 15) is 24.5 Å². The highest BCUT2D eigenvalue weighted by Gasteiger charge is 2.37. The van der Waals surface area contributed by atoms with Crippen molar-refractivity contribution in [3.05, 3.63) is 56.0 Å². The van der Waals surface area contributed by atoms with Gasteiger partial charge < -0.3 is 19.7 Å². The number of hydrogen-bond donors (Lipinski definition) is 1. The van der Waals surface area contributed by atoms with Crippen LogP contribution in [0.3, 0.4) is 0 Å². The standard InChI is InChI=1S/C20H17BrClN3O7/c1-31-17-8-13(25(29)30)3-5-16(17)24-9-11(6-19(24)27)20(28)32-10-18(26)23-15-4-2-12(21)7-14(15)22/h2-5,7-8,11H,6,9-10H2,1H3,(H,23,26)/t11-/m1/s1. The van der Waals surface area contributed by atoms with Crippen LogP contribution in [0.25, 0.3) is 0 Å². The van der Waals surface area contributed by atoms with E-state index in [1.54, 1.807) is 18.2 Å². The quantitative estimate of drug-likeness (QED) is 0.332. The first kappa shape index (κ1) is 23.5. The molecule has 168 valence electrons. The summed E-state index contributed by atoms with van der Waals surface area (Å²) in [5.74, 6) is -2.33. The van der Waals surface area contributed by atoms with Crippen molar-refractivity contribution in [1.82, 2.24) is 0 Å². The van der Waals surface area contributed by atoms with Crippen LogP contribution in [0.1, 0.15) is 6.42 Å². The predicted molar refractivity (Wildman–Crippen MR) is 119 cm³/mol. The Morgan fingerprint density at radius 2 is 2.06 bits per heavy atom. The molecule has 0 bridgehead atoms. The summed E-state index contributed by atoms with van der Waals surface area (Å²) in [5.41, 5.74) is 0.481. The maximum absolute atomic E-state index is 12.5. The molecule has 0 aliphatic carbocycles. The van der Waals surface area contributed by atoms with E-state index in [-0.39, 0.29) is 30.3 Å². The Balaban J connectivity index is 1.60. The first-order valence-corrected chi connectivity index (χ1v) is 10.4. The summed E-state index contributed by atoms with van der Waals surface area (Å²) >= 11 is 9.30. The van der Waals surface area contributed by atoms with Gasteiger partial charge in [-0.2, -0.15) is 0 Å². The van der Waals surface area contributed by atoms with E-state index in [4.69, 9.17) is 21.1 Å². The average molecular weight is 527 g/mol. The Morgan fingerprint density at radius 1 is 1.31 bits per heavy atom. The maximum atomic E-state index is 12.5. The van der Waals surface area contributed by atoms with Crippen LogP contribution in [0, 0.1) is 16.0 Å². The third kappa shape index (κ3) is 5.35. The van der Waals surface area contributed by atoms with Gasteiger partial charge in [-0.05, 0) is 24.3 Å². The molecule has 0 aromatic heterocycles. The second-order valence-corrected chi connectivity index (χ2v) is 8.12. The van der Waals surface area contributed by atoms with Crippen molar-refractivity contribution in [2.75, 3.05) is 30.5 Å². The van der Waals surface area contributed by atoms with Gasteiger partial charge in [0.05, 0.1) is 40.4 Å². The van der Waals surface area contributed by atoms with Crippen molar-refractivity contribution in [3.63, 3.8) is 0 Å². The maximum Gasteiger partial charge on any atom is 0.311 e. The third-order valence-corrected chi connectivity index (χ3v) is 5.48. The van der Waals surface area contributed by atoms with Gasteiger partial charge in [-0.25, -0.2) is 0 Å². The highest BCUT2D eigenvalue weighted by molar-refractivity contribution is 9.10. The molecule has 0 spiro atoms. The summed E-state index contributed by atoms with van der Waals surface area (Å²) in [6.07, 6.45) is -0.126. The number of hydrogen-bond acceptors (Lipinski definition) is 7. The van der Waals surface area contributed by atoms with E-state index in [1.807, 2.05) is 0 Å². The molecule has 0 radical (unpaired) electrons. The van der Waals surface area contributed by atoms with E-state index in [0.717, 1.165) is 4.47 Å². The minimum absolute atomic E-state index is 0.00794. The Bertz CT molecular complexity index is 1090. The highest BCUT2D eigenvalue weighted by Crippen LogP contribution is 2.36. The van der Waals surface area contributed by atoms with Gasteiger partial charge in [-0.1, -0.05) is 27.5 Å². The van der Waals surface area contributed by atoms with Gasteiger partial charge in [0, 0.05) is 23.5 Å². The normalized spacial score (nSPS) is 15.4. The number of methoxy groups -OCH3 is 1. The summed E-state index contributed by atoms with van der Waals surface area (Å²) < 4.78 is 11.0. The summed E-state index contributed by atoms with van der Waals surface area (Å²) in [5, 5.41) is 13.8. The average Bonchev–Trinajstić information content (AvgIpc) is 3.15. The first-order chi connectivity index (χ1) is 15.2. The summed E-state index contributed by atoms with van der Waals surface area (Å²) in [6.45, 7) is -0.553. The minimum atomic E-state index is -0.800. The molecule has 2 amide bonds. The molecule has 2 aromatic carbocycles. The molecule has 1 saturated heterocycles. The number of halogens is 2. The molecule has 0 unspecified atom stereocenters. The molecule has 0 saturated carbocycles. The van der Waals surface area contributed by atoms with Gasteiger partial charge in [-0.15, -0.1) is 0 Å². The zero-order valence-corrected chi connectivity index (χ0v) is 19.0. The van der Waals surface area contributed by atoms with Crippen LogP contribution in [0.5, 0.6) is 5.75 Å². The number of ether oxygens (including phenoxy) is 2. The second kappa shape index (κ2) is 9.96. The Kier molecular flexibility index (Phi) is 7.31. The van der Waals surface area contributed by atoms with E-state index < -0.39 is 29.3 Å². The van der Waals surface area contributed by atoms with Crippen LogP contribution in [0.4, 0.5) is 17.1 Å². The summed E-state index contributed by atoms with van der Waals surface area (Å²) in [6, 6.07) is 8.72. The zero-order chi connectivity index (χ0) is 23.4. The van der Waals surface area contributed by atoms with Crippen molar-refractivity contribution in [2.24, 2.45) is 5.92 Å². The van der Waals surface area contributed by atoms with Gasteiger partial charge in [0.1, 0.15) is 5.75 Å². The van der Waals surface area contributed by atoms with Crippen LogP contribution < -0.4 is 15.0 Å². The molecule has 1 aliphatic heterocycles. The van der Waals surface area contributed by atoms with Gasteiger partial charge in [0.25, 0.3) is 11.6 Å². The largest absolute Gasteiger partial charge is 0.494 e. The molecule has 1 aliphatic rings. The molecule has 1 fully saturated rings. The smallest absolute Gasteiger partial charge is 0.311 e. The van der Waals surface area contributed by atoms with E-state index >= 15 is 0 Å². The Labute approximate surface area is 195 Å². The van der Waals surface area contributed by atoms with E-state index in [1.165, 1.54) is 30.2 Å². The number of anilines is 2. The van der Waals surface area contributed by atoms with Crippen molar-refractivity contribution in [2.45, 2.75) is 6.42 Å². The van der Waals surface area contributed by atoms with Crippen LogP contribution in [0.2, 0.25) is 5.02 Å². The van der Waals surface area contributed by atoms with Crippen LogP contribution in [-0.2, 0) is 19.1 Å². The number of nitro groups is 1. The van der Waals surface area contributed by atoms with Crippen molar-refractivity contribution in [1.29, 1.82) is 0 Å². The number of benzene rings is 2. The fourth-order valence-corrected chi connectivity index (χ4v) is 3.85. The summed E-state index contributed by atoms with van der Waals surface area (Å²) in [7, 11) is 1.32. The SMILES string of the molecule is COc1cc([N+](=O)[O-])ccc1N1C[C@H](C(=O)OCC(=O)Nc2ccc(Br)cc2Cl)CC1=O. The highest BCUT2D eigenvalue weighted by atomic mass is 79.9. The molecular weight excluding hydrogens is 510 g/mol. The molecular formula is C20H17BrClN3O7. The lowest BCUT2D eigenvalue weighted by atomic mass is 10.1. The van der Waals surface area contributed by atoms with Gasteiger partial charge in [0.2, 0.25) is 5.91 Å². The predicted octanol–water partition coefficient (Wildman–Crippen LogP) is 3.55. The van der Waals surface area contributed by atoms with E-state index in [2.05, 4.69) is 21.2 Å². The molecule has 12 heteroatoms. The lowest BCUT2D eigenvalue weighted by Crippen LogP contribution is -2.28. The zero-order valence-electron chi connectivity index (χ0n) is 16.7. The van der Waals surface area contributed by atoms with Crippen LogP contribution >= 0.6 is 27.5 Å². The number of esters is 1. The molecule has 10 nitrogen and oxygen atoms in total. The molecule has 1 N–H and O–H groups in total. The second-order valence-electron chi connectivity index (χ2n) is 6.80. The first-order valence-electron chi connectivity index (χ1n) is 9.24. The van der Waals surface area contributed by atoms with Crippen molar-refractivity contribution >= 4 is 62.4 Å². The van der Waals surface area contributed by atoms with E-state index in [0.29, 0.717) is 16.4 Å². The minimum Gasteiger partial charge on any atom is -0.494 e. The Morgan fingerprint density at radius 3 is 2.72 bits per heavy atom. The molecule has 1 atom stereocenters. The number of carbonyl (C=O) groups is 3. The summed E-state index contributed by atoms with van der Waals surface area (Å²) in [4.78, 5) is 48.6. The third-order valence-electron chi connectivity index (χ3n) is 4.67. The Hall–Kier alpha value is -3.18. The number of rotatable bonds is 7. The number of nitro benzene ring substituents is 1. The van der Waals surface area contributed by atoms with Gasteiger partial charge in [0.15, 0.2) is 6.61 Å². The lowest BCUT2D eigenvalue weighted by Gasteiger charge is -2.19. The topological polar surface area (TPSA) is 128 Å². The fourth-order valence-electron chi connectivity index (χ4n) is 3.13. The number of carbonyl (C=O) groups excluding carboxylic acids is 3. The number of amides is 2. The lowest BCUT2D eigenvalue weighted by molar-refractivity contribution is -0.384. The molecule has 3 rings (SSSR count). The number of nitrogens with one attached hydrogen (secondary N) is 1. The van der Waals surface area contributed by atoms with Crippen molar-refractivity contribution < 1.29 is 28.8 Å². The molecule has 2 aromatic rings. The van der Waals surface area contributed by atoms with Crippen molar-refractivity contribution in [3.8, 4) is 5.75 Å². The van der Waals surface area contributed by atoms with Gasteiger partial charge in [-0.3, -0.25) is 24.5 Å². The van der Waals surface area contributed by atoms with Gasteiger partial charge >= 0.3 is 5.97 Å².